The second-order valence-electron chi connectivity index (χ2n) is 46.1. The van der Waals surface area contributed by atoms with Gasteiger partial charge in [-0.2, -0.15) is 0 Å². The average Bonchev–Trinajstić information content (AvgIpc) is 1.59. The van der Waals surface area contributed by atoms with Gasteiger partial charge in [-0.15, -0.1) is 0 Å². The quantitative estimate of drug-likeness (QED) is 0.108. The number of hydrogen-bond donors (Lipinski definition) is 0. The molecule has 0 aliphatic heterocycles. The molecule has 16 aromatic rings. The Balaban J connectivity index is 0.000000127. The SMILES string of the molecule is CC(C)(C)c1cc2c(cc1N(c1ccccc1-c1ccccc1)C(C)(C)C)C(C)(C)c1ccccc1-2.CC(C)c1cc2c(cc1N(c1ccccc1-c1ccccc1)C(C)(C)C)C(C)(C)c1ccccc1-2.CCc1cc2c(cc1N(c1ccccc1-c1ccccc1)C(C)(C)C)C(C)(C)c1ccccc1-2.Cc1cc2c(cc1N(c1ccccc1-c1ccccc1)C(C)(C)C)C(C)(C)c1ccccc1-2. The maximum Gasteiger partial charge on any atom is 0.0495 e. The fourth-order valence-corrected chi connectivity index (χ4v) is 22.8. The van der Waals surface area contributed by atoms with Crippen molar-refractivity contribution in [2.75, 3.05) is 19.6 Å². The molecular weight excluding hydrogens is 1670 g/mol. The Hall–Kier alpha value is -13.3. The summed E-state index contributed by atoms with van der Waals surface area (Å²) in [6.07, 6.45) is 0.991. The van der Waals surface area contributed by atoms with Crippen molar-refractivity contribution in [2.45, 2.75) is 249 Å². The molecule has 4 aliphatic rings. The zero-order chi connectivity index (χ0) is 98.3. The van der Waals surface area contributed by atoms with Crippen LogP contribution in [0.15, 0.2) is 364 Å². The number of fused-ring (bicyclic) bond motifs is 12. The smallest absolute Gasteiger partial charge is 0.0495 e. The summed E-state index contributed by atoms with van der Waals surface area (Å²) >= 11 is 0. The van der Waals surface area contributed by atoms with Gasteiger partial charge in [0.2, 0.25) is 0 Å². The summed E-state index contributed by atoms with van der Waals surface area (Å²) in [4.78, 5) is 10.2. The molecule has 0 bridgehead atoms. The van der Waals surface area contributed by atoms with Crippen molar-refractivity contribution in [1.29, 1.82) is 0 Å². The zero-order valence-electron chi connectivity index (χ0n) is 87.2. The molecule has 0 N–H and O–H groups in total. The molecule has 4 heteroatoms. The molecule has 700 valence electrons. The predicted molar refractivity (Wildman–Crippen MR) is 598 cm³/mol. The van der Waals surface area contributed by atoms with Crippen molar-refractivity contribution in [1.82, 2.24) is 0 Å². The molecule has 0 fully saturated rings. The van der Waals surface area contributed by atoms with Crippen LogP contribution in [-0.4, -0.2) is 22.2 Å². The van der Waals surface area contributed by atoms with E-state index in [9.17, 15) is 0 Å². The van der Waals surface area contributed by atoms with Gasteiger partial charge in [0.05, 0.1) is 0 Å². The molecule has 0 spiro atoms. The van der Waals surface area contributed by atoms with Crippen molar-refractivity contribution in [3.05, 3.63) is 431 Å². The molecule has 0 atom stereocenters. The van der Waals surface area contributed by atoms with Gasteiger partial charge in [-0.1, -0.05) is 388 Å². The minimum absolute atomic E-state index is 0.0166. The molecule has 4 nitrogen and oxygen atoms in total. The highest BCUT2D eigenvalue weighted by molar-refractivity contribution is 5.95. The largest absolute Gasteiger partial charge is 0.335 e. The van der Waals surface area contributed by atoms with E-state index in [1.165, 1.54) is 201 Å². The lowest BCUT2D eigenvalue weighted by Gasteiger charge is -2.42. The van der Waals surface area contributed by atoms with Gasteiger partial charge >= 0.3 is 0 Å². The molecule has 16 aromatic carbocycles. The van der Waals surface area contributed by atoms with Crippen LogP contribution in [0.25, 0.3) is 89.0 Å². The Bertz CT molecular complexity index is 7160. The average molecular weight is 1810 g/mol. The summed E-state index contributed by atoms with van der Waals surface area (Å²) in [7, 11) is 0. The van der Waals surface area contributed by atoms with Crippen LogP contribution in [0, 0.1) is 6.92 Å². The number of para-hydroxylation sites is 4. The van der Waals surface area contributed by atoms with E-state index in [1.54, 1.807) is 0 Å². The summed E-state index contributed by atoms with van der Waals surface area (Å²) < 4.78 is 0. The van der Waals surface area contributed by atoms with Gasteiger partial charge in [0.1, 0.15) is 0 Å². The molecule has 138 heavy (non-hydrogen) atoms. The second kappa shape index (κ2) is 36.9. The normalized spacial score (nSPS) is 14.1. The van der Waals surface area contributed by atoms with Crippen molar-refractivity contribution >= 4 is 45.5 Å². The minimum atomic E-state index is -0.130. The Labute approximate surface area is 827 Å². The summed E-state index contributed by atoms with van der Waals surface area (Å²) in [5, 5.41) is 0. The molecule has 0 unspecified atom stereocenters. The molecule has 0 radical (unpaired) electrons. The molecule has 0 saturated carbocycles. The number of benzene rings is 16. The van der Waals surface area contributed by atoms with Crippen molar-refractivity contribution in [2.24, 2.45) is 0 Å². The number of anilines is 8. The Morgan fingerprint density at radius 1 is 0.217 bits per heavy atom. The molecule has 20 rings (SSSR count). The van der Waals surface area contributed by atoms with Crippen LogP contribution in [0.1, 0.15) is 253 Å². The van der Waals surface area contributed by atoms with E-state index < -0.39 is 0 Å². The third-order valence-corrected chi connectivity index (χ3v) is 29.5. The third-order valence-electron chi connectivity index (χ3n) is 29.5. The lowest BCUT2D eigenvalue weighted by atomic mass is 9.78. The van der Waals surface area contributed by atoms with E-state index in [1.807, 2.05) is 0 Å². The number of hydrogen-bond acceptors (Lipinski definition) is 4. The maximum atomic E-state index is 2.58. The van der Waals surface area contributed by atoms with Crippen molar-refractivity contribution < 1.29 is 0 Å². The molecule has 0 heterocycles. The molecule has 4 aliphatic carbocycles. The molecule has 0 amide bonds. The van der Waals surface area contributed by atoms with Gasteiger partial charge in [0.15, 0.2) is 0 Å². The lowest BCUT2D eigenvalue weighted by Crippen LogP contribution is -2.39. The lowest BCUT2D eigenvalue weighted by molar-refractivity contribution is 0.542. The first-order valence-corrected chi connectivity index (χ1v) is 50.3. The van der Waals surface area contributed by atoms with Gasteiger partial charge in [-0.25, -0.2) is 0 Å². The first-order valence-electron chi connectivity index (χ1n) is 50.3. The third kappa shape index (κ3) is 17.9. The zero-order valence-corrected chi connectivity index (χ0v) is 87.2. The first-order chi connectivity index (χ1) is 65.4. The summed E-state index contributed by atoms with van der Waals surface area (Å²) in [5.41, 5.74) is 47.6. The van der Waals surface area contributed by atoms with Crippen molar-refractivity contribution in [3.63, 3.8) is 0 Å². The van der Waals surface area contributed by atoms with Gasteiger partial charge in [0, 0.05) is 112 Å². The van der Waals surface area contributed by atoms with Crippen LogP contribution in [-0.2, 0) is 33.5 Å². The van der Waals surface area contributed by atoms with E-state index in [0.717, 1.165) is 6.42 Å². The monoisotopic (exact) mass is 1810 g/mol. The van der Waals surface area contributed by atoms with Gasteiger partial charge in [0.25, 0.3) is 0 Å². The molecule has 0 saturated heterocycles. The first kappa shape index (κ1) is 96.4. The van der Waals surface area contributed by atoms with E-state index in [-0.39, 0.29) is 49.2 Å². The second-order valence-corrected chi connectivity index (χ2v) is 46.1. The van der Waals surface area contributed by atoms with E-state index in [4.69, 9.17) is 0 Å². The summed E-state index contributed by atoms with van der Waals surface area (Å²) in [6.45, 7) is 63.0. The van der Waals surface area contributed by atoms with Crippen LogP contribution in [0.3, 0.4) is 0 Å². The Morgan fingerprint density at radius 2 is 0.449 bits per heavy atom. The van der Waals surface area contributed by atoms with E-state index in [2.05, 4.69) is 571 Å². The highest BCUT2D eigenvalue weighted by atomic mass is 15.2. The minimum Gasteiger partial charge on any atom is -0.335 e. The number of aryl methyl sites for hydroxylation is 2. The van der Waals surface area contributed by atoms with E-state index in [0.29, 0.717) is 5.92 Å². The van der Waals surface area contributed by atoms with Crippen LogP contribution in [0.2, 0.25) is 0 Å². The Morgan fingerprint density at radius 3 is 0.746 bits per heavy atom. The van der Waals surface area contributed by atoms with Gasteiger partial charge < -0.3 is 19.6 Å². The summed E-state index contributed by atoms with van der Waals surface area (Å²) in [6, 6.07) is 134. The van der Waals surface area contributed by atoms with Crippen LogP contribution in [0.4, 0.5) is 45.5 Å². The molecule has 0 aromatic heterocycles. The standard InChI is InChI=1S/C35H39N.C34H37N.C33H35N.C32H33N/c1-33(2,3)30-22-27-26-19-12-14-20-28(26)35(7,8)29(27)23-32(30)36(34(4,5)6)31-21-15-13-18-25(31)24-16-10-9-11-17-24;1-23(2)27-21-28-26-18-11-13-19-29(26)34(6,7)30(28)22-32(27)35(33(3,4)5)31-20-14-12-17-25(31)24-15-9-8-10-16-24;1-7-23-21-27-26-18-11-13-19-28(26)33(5,6)29(27)22-31(23)34(32(2,3)4)30-20-14-12-17-25(30)24-15-9-8-10-16-24;1-22-20-26-25-17-10-12-18-27(25)32(5,6)28(26)21-30(22)33(31(2,3)4)29-19-13-11-16-24(29)23-14-8-7-9-15-23/h9-23H,1-8H3;8-23H,1-7H3;8-22H,7H2,1-6H3;7-21H,1-6H3. The van der Waals surface area contributed by atoms with E-state index >= 15 is 0 Å². The van der Waals surface area contributed by atoms with Crippen molar-refractivity contribution in [3.8, 4) is 89.0 Å². The van der Waals surface area contributed by atoms with Gasteiger partial charge in [-0.05, 0) is 314 Å². The highest BCUT2D eigenvalue weighted by Gasteiger charge is 2.45. The van der Waals surface area contributed by atoms with Crippen LogP contribution >= 0.6 is 0 Å². The fourth-order valence-electron chi connectivity index (χ4n) is 22.8. The maximum absolute atomic E-state index is 2.58. The number of nitrogens with zero attached hydrogens (tertiary/aromatic N) is 4. The highest BCUT2D eigenvalue weighted by Crippen LogP contribution is 2.59. The predicted octanol–water partition coefficient (Wildman–Crippen LogP) is 37.7. The van der Waals surface area contributed by atoms with Crippen LogP contribution < -0.4 is 19.6 Å². The Kier molecular flexibility index (Phi) is 25.8. The topological polar surface area (TPSA) is 13.0 Å². The molecular formula is C134H144N4. The fraction of sp³-hybridized carbons (Fsp3) is 0.284. The van der Waals surface area contributed by atoms with Crippen LogP contribution in [0.5, 0.6) is 0 Å². The van der Waals surface area contributed by atoms with Gasteiger partial charge in [-0.3, -0.25) is 0 Å². The number of rotatable bonds is 14. The summed E-state index contributed by atoms with van der Waals surface area (Å²) in [5.74, 6) is 0.403.